The second-order valence-corrected chi connectivity index (χ2v) is 6.95. The molecule has 1 rings (SSSR count). The van der Waals surface area contributed by atoms with Gasteiger partial charge in [-0.1, -0.05) is 6.92 Å². The Hall–Kier alpha value is -0.480. The van der Waals surface area contributed by atoms with Gasteiger partial charge in [-0.3, -0.25) is 0 Å². The molecule has 0 amide bonds. The van der Waals surface area contributed by atoms with Crippen LogP contribution in [-0.4, -0.2) is 17.2 Å². The molecule has 1 aromatic carbocycles. The molecule has 19 heavy (non-hydrogen) atoms. The standard InChI is InChI=1S/C13H22NO3PS/c1-6-11-10(4)13(19-5)8-7-12(11)17-18(15,16)14-9(2)3/h7-9H,6H2,1-5H3,(H2,14,15,16). The van der Waals surface area contributed by atoms with E-state index in [2.05, 4.69) is 5.09 Å². The van der Waals surface area contributed by atoms with Gasteiger partial charge >= 0.3 is 7.75 Å². The van der Waals surface area contributed by atoms with E-state index >= 15 is 0 Å². The minimum Gasteiger partial charge on any atom is -0.413 e. The molecule has 4 nitrogen and oxygen atoms in total. The summed E-state index contributed by atoms with van der Waals surface area (Å²) < 4.78 is 17.3. The quantitative estimate of drug-likeness (QED) is 0.619. The summed E-state index contributed by atoms with van der Waals surface area (Å²) in [5.74, 6) is 0.483. The molecule has 6 heteroatoms. The summed E-state index contributed by atoms with van der Waals surface area (Å²) in [5.41, 5.74) is 2.09. The normalized spacial score (nSPS) is 14.5. The second kappa shape index (κ2) is 6.80. The Morgan fingerprint density at radius 2 is 2.11 bits per heavy atom. The minimum atomic E-state index is -3.81. The Bertz CT molecular complexity index is 491. The maximum Gasteiger partial charge on any atom is 0.456 e. The highest BCUT2D eigenvalue weighted by Crippen LogP contribution is 2.42. The van der Waals surface area contributed by atoms with Crippen LogP contribution in [-0.2, 0) is 11.0 Å². The van der Waals surface area contributed by atoms with E-state index in [0.29, 0.717) is 5.75 Å². The summed E-state index contributed by atoms with van der Waals surface area (Å²) in [5, 5.41) is 2.55. The molecular formula is C13H22NO3PS. The molecule has 0 radical (unpaired) electrons. The first kappa shape index (κ1) is 16.6. The number of nitrogens with one attached hydrogen (secondary N) is 1. The second-order valence-electron chi connectivity index (χ2n) is 4.62. The molecule has 0 fully saturated rings. The zero-order valence-corrected chi connectivity index (χ0v) is 13.8. The van der Waals surface area contributed by atoms with Gasteiger partial charge < -0.3 is 9.42 Å². The van der Waals surface area contributed by atoms with Crippen molar-refractivity contribution in [3.05, 3.63) is 23.3 Å². The molecule has 0 aromatic heterocycles. The Morgan fingerprint density at radius 1 is 1.47 bits per heavy atom. The van der Waals surface area contributed by atoms with Gasteiger partial charge in [0.15, 0.2) is 0 Å². The van der Waals surface area contributed by atoms with Crippen molar-refractivity contribution in [1.29, 1.82) is 0 Å². The zero-order chi connectivity index (χ0) is 14.6. The van der Waals surface area contributed by atoms with Crippen LogP contribution in [0, 0.1) is 6.92 Å². The molecule has 0 aliphatic rings. The average Bonchev–Trinajstić information content (AvgIpc) is 2.27. The summed E-state index contributed by atoms with van der Waals surface area (Å²) in [6, 6.07) is 3.57. The van der Waals surface area contributed by atoms with Crippen molar-refractivity contribution in [3.8, 4) is 5.75 Å². The van der Waals surface area contributed by atoms with Crippen LogP contribution >= 0.6 is 19.5 Å². The molecule has 0 aliphatic carbocycles. The van der Waals surface area contributed by atoms with Crippen molar-refractivity contribution in [3.63, 3.8) is 0 Å². The third-order valence-corrected chi connectivity index (χ3v) is 4.89. The van der Waals surface area contributed by atoms with Gasteiger partial charge in [0.2, 0.25) is 0 Å². The molecule has 0 aliphatic heterocycles. The molecule has 1 unspecified atom stereocenters. The van der Waals surface area contributed by atoms with E-state index in [1.54, 1.807) is 31.7 Å². The van der Waals surface area contributed by atoms with Gasteiger partial charge in [0.05, 0.1) is 0 Å². The predicted octanol–water partition coefficient (Wildman–Crippen LogP) is 3.76. The van der Waals surface area contributed by atoms with Crippen LogP contribution in [0.15, 0.2) is 17.0 Å². The summed E-state index contributed by atoms with van der Waals surface area (Å²) in [6.07, 6.45) is 2.77. The van der Waals surface area contributed by atoms with Crippen molar-refractivity contribution in [2.45, 2.75) is 45.1 Å². The fourth-order valence-corrected chi connectivity index (χ4v) is 3.72. The molecule has 0 saturated heterocycles. The smallest absolute Gasteiger partial charge is 0.413 e. The van der Waals surface area contributed by atoms with Gasteiger partial charge in [0.1, 0.15) is 5.75 Å². The first-order valence-electron chi connectivity index (χ1n) is 6.27. The summed E-state index contributed by atoms with van der Waals surface area (Å²) in [6.45, 7) is 7.62. The SMILES string of the molecule is CCc1c(OP(=O)(O)NC(C)C)ccc(SC)c1C. The number of hydrogen-bond acceptors (Lipinski definition) is 3. The molecule has 108 valence electrons. The van der Waals surface area contributed by atoms with E-state index < -0.39 is 7.75 Å². The number of thioether (sulfide) groups is 1. The Labute approximate surface area is 119 Å². The maximum atomic E-state index is 11.9. The lowest BCUT2D eigenvalue weighted by atomic mass is 10.1. The molecule has 0 spiro atoms. The van der Waals surface area contributed by atoms with Crippen LogP contribution < -0.4 is 9.61 Å². The third kappa shape index (κ3) is 4.53. The van der Waals surface area contributed by atoms with Gasteiger partial charge in [-0.25, -0.2) is 9.65 Å². The largest absolute Gasteiger partial charge is 0.456 e. The van der Waals surface area contributed by atoms with Crippen LogP contribution in [0.25, 0.3) is 0 Å². The minimum absolute atomic E-state index is 0.118. The topological polar surface area (TPSA) is 58.6 Å². The summed E-state index contributed by atoms with van der Waals surface area (Å²) in [4.78, 5) is 11.0. The van der Waals surface area contributed by atoms with Crippen LogP contribution in [0.5, 0.6) is 5.75 Å². The van der Waals surface area contributed by atoms with E-state index in [4.69, 9.17) is 4.52 Å². The fraction of sp³-hybridized carbons (Fsp3) is 0.538. The molecule has 0 bridgehead atoms. The monoisotopic (exact) mass is 303 g/mol. The van der Waals surface area contributed by atoms with Gasteiger partial charge in [-0.05, 0) is 56.7 Å². The molecule has 1 aromatic rings. The lowest BCUT2D eigenvalue weighted by Gasteiger charge is -2.20. The first-order valence-corrected chi connectivity index (χ1v) is 9.07. The number of benzene rings is 1. The van der Waals surface area contributed by atoms with Crippen LogP contribution in [0.4, 0.5) is 0 Å². The highest BCUT2D eigenvalue weighted by atomic mass is 32.2. The van der Waals surface area contributed by atoms with Crippen molar-refractivity contribution < 1.29 is 14.0 Å². The lowest BCUT2D eigenvalue weighted by molar-refractivity contribution is 0.357. The van der Waals surface area contributed by atoms with Crippen LogP contribution in [0.3, 0.4) is 0 Å². The Balaban J connectivity index is 3.08. The maximum absolute atomic E-state index is 11.9. The number of rotatable bonds is 6. The van der Waals surface area contributed by atoms with Crippen LogP contribution in [0.1, 0.15) is 31.9 Å². The first-order chi connectivity index (χ1) is 8.80. The fourth-order valence-electron chi connectivity index (χ4n) is 1.94. The van der Waals surface area contributed by atoms with Gasteiger partial charge in [0, 0.05) is 10.9 Å². The summed E-state index contributed by atoms with van der Waals surface area (Å²) >= 11 is 1.66. The number of hydrogen-bond donors (Lipinski definition) is 2. The van der Waals surface area contributed by atoms with Crippen molar-refractivity contribution in [2.24, 2.45) is 0 Å². The van der Waals surface area contributed by atoms with Gasteiger partial charge in [-0.2, -0.15) is 0 Å². The van der Waals surface area contributed by atoms with E-state index in [-0.39, 0.29) is 6.04 Å². The van der Waals surface area contributed by atoms with E-state index in [9.17, 15) is 9.46 Å². The van der Waals surface area contributed by atoms with Crippen molar-refractivity contribution in [1.82, 2.24) is 5.09 Å². The molecule has 0 heterocycles. The average molecular weight is 303 g/mol. The van der Waals surface area contributed by atoms with Crippen LogP contribution in [0.2, 0.25) is 0 Å². The van der Waals surface area contributed by atoms with E-state index in [0.717, 1.165) is 22.4 Å². The van der Waals surface area contributed by atoms with Gasteiger partial charge in [0.25, 0.3) is 0 Å². The summed E-state index contributed by atoms with van der Waals surface area (Å²) in [7, 11) is -3.81. The predicted molar refractivity (Wildman–Crippen MR) is 81.1 cm³/mol. The highest BCUT2D eigenvalue weighted by Gasteiger charge is 2.24. The van der Waals surface area contributed by atoms with Crippen molar-refractivity contribution >= 4 is 19.5 Å². The molecule has 2 N–H and O–H groups in total. The van der Waals surface area contributed by atoms with E-state index in [1.165, 1.54) is 0 Å². The van der Waals surface area contributed by atoms with E-state index in [1.807, 2.05) is 26.2 Å². The molecule has 1 atom stereocenters. The van der Waals surface area contributed by atoms with Gasteiger partial charge in [-0.15, -0.1) is 11.8 Å². The zero-order valence-electron chi connectivity index (χ0n) is 12.1. The third-order valence-electron chi connectivity index (χ3n) is 2.72. The lowest BCUT2D eigenvalue weighted by Crippen LogP contribution is -2.22. The Morgan fingerprint density at radius 3 is 2.58 bits per heavy atom. The molecular weight excluding hydrogens is 281 g/mol. The Kier molecular flexibility index (Phi) is 5.93. The molecule has 0 saturated carbocycles. The highest BCUT2D eigenvalue weighted by molar-refractivity contribution is 7.98. The van der Waals surface area contributed by atoms with Crippen molar-refractivity contribution in [2.75, 3.05) is 6.26 Å².